The Hall–Kier alpha value is -1.47. The maximum Gasteiger partial charge on any atom is 0.238 e. The Labute approximate surface area is 105 Å². The quantitative estimate of drug-likeness (QED) is 0.871. The van der Waals surface area contributed by atoms with Crippen LogP contribution in [0, 0.1) is 11.7 Å². The number of nitrogens with one attached hydrogen (secondary N) is 1. The predicted octanol–water partition coefficient (Wildman–Crippen LogP) is 1.46. The lowest BCUT2D eigenvalue weighted by molar-refractivity contribution is -0.116. The fourth-order valence-corrected chi connectivity index (χ4v) is 1.89. The molecular weight excluding hydrogens is 259 g/mol. The number of carbonyl (C=O) groups excluding carboxylic acids is 1. The van der Waals surface area contributed by atoms with Crippen molar-refractivity contribution in [3.63, 3.8) is 0 Å². The molecule has 0 radical (unpaired) electrons. The summed E-state index contributed by atoms with van der Waals surface area (Å²) in [5.74, 6) is -0.968. The third-order valence-corrected chi connectivity index (χ3v) is 3.05. The number of benzene rings is 1. The summed E-state index contributed by atoms with van der Waals surface area (Å²) in [7, 11) is -3.92. The largest absolute Gasteiger partial charge is 0.324 e. The fraction of sp³-hybridized carbons (Fsp3) is 0.364. The second-order valence-corrected chi connectivity index (χ2v) is 5.89. The maximum atomic E-state index is 13.4. The van der Waals surface area contributed by atoms with Gasteiger partial charge >= 0.3 is 0 Å². The van der Waals surface area contributed by atoms with Gasteiger partial charge in [0.15, 0.2) is 0 Å². The molecule has 0 saturated carbocycles. The number of rotatable bonds is 4. The lowest BCUT2D eigenvalue weighted by Crippen LogP contribution is -2.17. The Morgan fingerprint density at radius 2 is 2.06 bits per heavy atom. The lowest BCUT2D eigenvalue weighted by Gasteiger charge is -2.09. The molecule has 0 aliphatic carbocycles. The van der Waals surface area contributed by atoms with Gasteiger partial charge in [-0.05, 0) is 24.1 Å². The van der Waals surface area contributed by atoms with Crippen LogP contribution >= 0.6 is 0 Å². The van der Waals surface area contributed by atoms with E-state index in [1.54, 1.807) is 0 Å². The van der Waals surface area contributed by atoms with Crippen LogP contribution in [0.25, 0.3) is 0 Å². The Morgan fingerprint density at radius 1 is 1.44 bits per heavy atom. The molecule has 0 heterocycles. The van der Waals surface area contributed by atoms with Crippen LogP contribution in [-0.4, -0.2) is 14.3 Å². The molecule has 0 spiro atoms. The number of halogens is 1. The third kappa shape index (κ3) is 4.08. The second-order valence-electron chi connectivity index (χ2n) is 4.33. The van der Waals surface area contributed by atoms with Crippen molar-refractivity contribution in [2.75, 3.05) is 5.32 Å². The van der Waals surface area contributed by atoms with Crippen molar-refractivity contribution < 1.29 is 17.6 Å². The van der Waals surface area contributed by atoms with Crippen LogP contribution in [0.15, 0.2) is 23.1 Å². The van der Waals surface area contributed by atoms with Crippen LogP contribution in [0.1, 0.15) is 20.3 Å². The summed E-state index contributed by atoms with van der Waals surface area (Å²) in [6, 6.07) is 3.00. The minimum atomic E-state index is -3.92. The third-order valence-electron chi connectivity index (χ3n) is 2.13. The molecule has 0 fully saturated rings. The van der Waals surface area contributed by atoms with Gasteiger partial charge in [-0.1, -0.05) is 13.8 Å². The second kappa shape index (κ2) is 5.45. The van der Waals surface area contributed by atoms with Crippen molar-refractivity contribution in [2.45, 2.75) is 25.2 Å². The molecule has 100 valence electrons. The molecule has 1 amide bonds. The normalized spacial score (nSPS) is 11.6. The van der Waals surface area contributed by atoms with Gasteiger partial charge in [-0.15, -0.1) is 0 Å². The molecular formula is C11H15FN2O3S. The van der Waals surface area contributed by atoms with Crippen LogP contribution in [0.4, 0.5) is 10.1 Å². The van der Waals surface area contributed by atoms with E-state index in [1.165, 1.54) is 0 Å². The van der Waals surface area contributed by atoms with Gasteiger partial charge in [0.1, 0.15) is 5.82 Å². The molecule has 0 bridgehead atoms. The first-order valence-corrected chi connectivity index (χ1v) is 6.87. The van der Waals surface area contributed by atoms with E-state index in [4.69, 9.17) is 5.14 Å². The molecule has 0 atom stereocenters. The first-order valence-electron chi connectivity index (χ1n) is 5.32. The molecule has 7 heteroatoms. The van der Waals surface area contributed by atoms with E-state index in [0.29, 0.717) is 0 Å². The Bertz CT molecular complexity index is 555. The van der Waals surface area contributed by atoms with Crippen molar-refractivity contribution in [2.24, 2.45) is 11.1 Å². The van der Waals surface area contributed by atoms with Gasteiger partial charge in [-0.25, -0.2) is 17.9 Å². The Morgan fingerprint density at radius 3 is 2.56 bits per heavy atom. The van der Waals surface area contributed by atoms with Crippen LogP contribution in [-0.2, 0) is 14.8 Å². The number of primary sulfonamides is 1. The maximum absolute atomic E-state index is 13.4. The molecule has 0 unspecified atom stereocenters. The molecule has 0 aliphatic heterocycles. The topological polar surface area (TPSA) is 89.3 Å². The smallest absolute Gasteiger partial charge is 0.238 e. The first-order chi connectivity index (χ1) is 8.20. The summed E-state index contributed by atoms with van der Waals surface area (Å²) in [5, 5.41) is 7.24. The number of anilines is 1. The van der Waals surface area contributed by atoms with Crippen molar-refractivity contribution in [1.29, 1.82) is 0 Å². The van der Waals surface area contributed by atoms with Crippen molar-refractivity contribution in [3.05, 3.63) is 24.0 Å². The highest BCUT2D eigenvalue weighted by molar-refractivity contribution is 7.89. The van der Waals surface area contributed by atoms with E-state index >= 15 is 0 Å². The van der Waals surface area contributed by atoms with Gasteiger partial charge in [0.05, 0.1) is 10.6 Å². The molecule has 0 aromatic heterocycles. The number of hydrogen-bond acceptors (Lipinski definition) is 3. The van der Waals surface area contributed by atoms with Crippen molar-refractivity contribution in [3.8, 4) is 0 Å². The standard InChI is InChI=1S/C11H15FN2O3S/c1-7(2)5-11(15)14-10-6-8(18(13,16)17)3-4-9(10)12/h3-4,6-7H,5H2,1-2H3,(H,14,15)(H2,13,16,17). The molecule has 1 aromatic carbocycles. The van der Waals surface area contributed by atoms with E-state index in [9.17, 15) is 17.6 Å². The Kier molecular flexibility index (Phi) is 4.42. The molecule has 5 nitrogen and oxygen atoms in total. The summed E-state index contributed by atoms with van der Waals surface area (Å²) in [5.41, 5.74) is -0.188. The summed E-state index contributed by atoms with van der Waals surface area (Å²) in [6.45, 7) is 3.69. The van der Waals surface area contributed by atoms with E-state index in [1.807, 2.05) is 13.8 Å². The number of hydrogen-bond donors (Lipinski definition) is 2. The molecule has 0 saturated heterocycles. The zero-order chi connectivity index (χ0) is 13.9. The monoisotopic (exact) mass is 274 g/mol. The van der Waals surface area contributed by atoms with Crippen molar-refractivity contribution >= 4 is 21.6 Å². The van der Waals surface area contributed by atoms with Crippen LogP contribution in [0.3, 0.4) is 0 Å². The highest BCUT2D eigenvalue weighted by Gasteiger charge is 2.13. The van der Waals surface area contributed by atoms with Gasteiger partial charge in [-0.2, -0.15) is 0 Å². The van der Waals surface area contributed by atoms with E-state index in [0.717, 1.165) is 18.2 Å². The number of amides is 1. The van der Waals surface area contributed by atoms with Crippen LogP contribution in [0.2, 0.25) is 0 Å². The van der Waals surface area contributed by atoms with Gasteiger partial charge < -0.3 is 5.32 Å². The van der Waals surface area contributed by atoms with E-state index < -0.39 is 15.8 Å². The highest BCUT2D eigenvalue weighted by Crippen LogP contribution is 2.19. The lowest BCUT2D eigenvalue weighted by atomic mass is 10.1. The highest BCUT2D eigenvalue weighted by atomic mass is 32.2. The number of sulfonamides is 1. The first kappa shape index (κ1) is 14.6. The SMILES string of the molecule is CC(C)CC(=O)Nc1cc(S(N)(=O)=O)ccc1F. The van der Waals surface area contributed by atoms with Gasteiger partial charge in [0, 0.05) is 6.42 Å². The van der Waals surface area contributed by atoms with E-state index in [-0.39, 0.29) is 28.8 Å². The molecule has 18 heavy (non-hydrogen) atoms. The molecule has 1 aromatic rings. The average molecular weight is 274 g/mol. The average Bonchev–Trinajstić information content (AvgIpc) is 2.18. The minimum absolute atomic E-state index is 0.120. The van der Waals surface area contributed by atoms with Crippen molar-refractivity contribution in [1.82, 2.24) is 0 Å². The summed E-state index contributed by atoms with van der Waals surface area (Å²) >= 11 is 0. The molecule has 0 aliphatic rings. The Balaban J connectivity index is 2.99. The molecule has 1 rings (SSSR count). The fourth-order valence-electron chi connectivity index (χ4n) is 1.35. The zero-order valence-electron chi connectivity index (χ0n) is 10.1. The van der Waals surface area contributed by atoms with Crippen LogP contribution < -0.4 is 10.5 Å². The van der Waals surface area contributed by atoms with Gasteiger partial charge in [0.25, 0.3) is 0 Å². The minimum Gasteiger partial charge on any atom is -0.324 e. The molecule has 3 N–H and O–H groups in total. The predicted molar refractivity (Wildman–Crippen MR) is 65.9 cm³/mol. The summed E-state index contributed by atoms with van der Waals surface area (Å²) < 4.78 is 35.6. The van der Waals surface area contributed by atoms with Gasteiger partial charge in [-0.3, -0.25) is 4.79 Å². The van der Waals surface area contributed by atoms with Crippen LogP contribution in [0.5, 0.6) is 0 Å². The summed E-state index contributed by atoms with van der Waals surface area (Å²) in [4.78, 5) is 11.2. The summed E-state index contributed by atoms with van der Waals surface area (Å²) in [6.07, 6.45) is 0.221. The van der Waals surface area contributed by atoms with Gasteiger partial charge in [0.2, 0.25) is 15.9 Å². The number of carbonyl (C=O) groups is 1. The zero-order valence-corrected chi connectivity index (χ0v) is 10.9. The number of nitrogens with two attached hydrogens (primary N) is 1. The van der Waals surface area contributed by atoms with E-state index in [2.05, 4.69) is 5.32 Å².